The number of nitrogens with one attached hydrogen (secondary N) is 1. The van der Waals surface area contributed by atoms with E-state index in [9.17, 15) is 9.90 Å². The normalized spacial score (nSPS) is 11.3. The molecule has 0 spiro atoms. The Kier molecular flexibility index (Phi) is 3.72. The van der Waals surface area contributed by atoms with Gasteiger partial charge >= 0.3 is 6.03 Å². The lowest BCUT2D eigenvalue weighted by Crippen LogP contribution is -2.13. The van der Waals surface area contributed by atoms with E-state index < -0.39 is 6.03 Å². The van der Waals surface area contributed by atoms with Crippen molar-refractivity contribution in [3.8, 4) is 5.75 Å². The van der Waals surface area contributed by atoms with Crippen LogP contribution in [0.4, 0.5) is 10.5 Å². The predicted octanol–water partition coefficient (Wildman–Crippen LogP) is 2.22. The van der Waals surface area contributed by atoms with E-state index >= 15 is 0 Å². The van der Waals surface area contributed by atoms with Gasteiger partial charge in [0.1, 0.15) is 10.9 Å². The molecule has 3 N–H and O–H groups in total. The van der Waals surface area contributed by atoms with Gasteiger partial charge in [0.25, 0.3) is 0 Å². The molecular weight excluding hydrogens is 270 g/mol. The number of para-hydroxylation sites is 2. The first-order chi connectivity index (χ1) is 9.06. The molecule has 0 saturated carbocycles. The highest BCUT2D eigenvalue weighted by atomic mass is 35.5. The molecular formula is C12H10ClN3O3. The van der Waals surface area contributed by atoms with Crippen LogP contribution in [0.3, 0.4) is 0 Å². The lowest BCUT2D eigenvalue weighted by atomic mass is 10.3. The van der Waals surface area contributed by atoms with Gasteiger partial charge in [-0.3, -0.25) is 0 Å². The van der Waals surface area contributed by atoms with Gasteiger partial charge in [-0.25, -0.2) is 4.79 Å². The van der Waals surface area contributed by atoms with Crippen molar-refractivity contribution in [3.63, 3.8) is 0 Å². The molecule has 98 valence electrons. The number of benzene rings is 1. The average Bonchev–Trinajstić information content (AvgIpc) is 2.37. The van der Waals surface area contributed by atoms with Gasteiger partial charge in [0, 0.05) is 12.3 Å². The number of hydrogen-bond donors (Lipinski definition) is 3. The van der Waals surface area contributed by atoms with Gasteiger partial charge < -0.3 is 15.6 Å². The number of rotatable bonds is 1. The number of hydrogen-bond acceptors (Lipinski definition) is 3. The van der Waals surface area contributed by atoms with E-state index in [1.165, 1.54) is 24.4 Å². The number of carbonyl (C=O) groups is 1. The fourth-order valence-corrected chi connectivity index (χ4v) is 1.53. The van der Waals surface area contributed by atoms with E-state index in [0.717, 1.165) is 0 Å². The number of carbonyl (C=O) groups excluding carboxylic acids is 1. The minimum Gasteiger partial charge on any atom is -0.506 e. The average molecular weight is 280 g/mol. The number of phenolic OH excluding ortho intramolecular Hbond substituents is 1. The Bertz CT molecular complexity index is 682. The van der Waals surface area contributed by atoms with Crippen LogP contribution in [0.5, 0.6) is 5.75 Å². The molecule has 1 aromatic heterocycles. The summed E-state index contributed by atoms with van der Waals surface area (Å²) in [4.78, 5) is 15.4. The Balaban J connectivity index is 2.21. The highest BCUT2D eigenvalue weighted by molar-refractivity contribution is 6.29. The molecule has 2 aromatic rings. The maximum atomic E-state index is 11.6. The molecule has 7 heteroatoms. The summed E-state index contributed by atoms with van der Waals surface area (Å²) in [5.41, 5.74) is 0.260. The van der Waals surface area contributed by atoms with Crippen molar-refractivity contribution >= 4 is 23.3 Å². The predicted molar refractivity (Wildman–Crippen MR) is 69.3 cm³/mol. The van der Waals surface area contributed by atoms with E-state index in [2.05, 4.69) is 10.3 Å². The van der Waals surface area contributed by atoms with Gasteiger partial charge in [-0.15, -0.1) is 0 Å². The molecule has 0 radical (unpaired) electrons. The van der Waals surface area contributed by atoms with Crippen LogP contribution in [-0.2, 0) is 0 Å². The first-order valence-corrected chi connectivity index (χ1v) is 5.65. The first kappa shape index (κ1) is 13.0. The van der Waals surface area contributed by atoms with Crippen LogP contribution in [-0.4, -0.2) is 21.1 Å². The lowest BCUT2D eigenvalue weighted by Gasteiger charge is -2.03. The highest BCUT2D eigenvalue weighted by Crippen LogP contribution is 2.21. The molecule has 0 fully saturated rings. The van der Waals surface area contributed by atoms with Crippen LogP contribution >= 0.6 is 11.6 Å². The van der Waals surface area contributed by atoms with Crippen molar-refractivity contribution in [2.24, 2.45) is 4.99 Å². The van der Waals surface area contributed by atoms with Gasteiger partial charge in [-0.05, 0) is 18.2 Å². The molecule has 2 amide bonds. The molecule has 6 nitrogen and oxygen atoms in total. The summed E-state index contributed by atoms with van der Waals surface area (Å²) in [5.74, 6) is -0.0506. The van der Waals surface area contributed by atoms with Gasteiger partial charge in [-0.1, -0.05) is 23.7 Å². The molecule has 0 saturated heterocycles. The van der Waals surface area contributed by atoms with Crippen LogP contribution in [0.15, 0.2) is 47.6 Å². The minimum absolute atomic E-state index is 0.0246. The van der Waals surface area contributed by atoms with Crippen LogP contribution in [0, 0.1) is 0 Å². The monoisotopic (exact) mass is 279 g/mol. The number of aromatic hydroxyl groups is 1. The molecule has 19 heavy (non-hydrogen) atoms. The molecule has 0 aliphatic heterocycles. The molecule has 0 unspecified atom stereocenters. The topological polar surface area (TPSA) is 86.9 Å². The largest absolute Gasteiger partial charge is 0.506 e. The Labute approximate surface area is 113 Å². The lowest BCUT2D eigenvalue weighted by molar-refractivity contribution is 0.185. The summed E-state index contributed by atoms with van der Waals surface area (Å²) in [5, 5.41) is 21.4. The quantitative estimate of drug-likeness (QED) is 0.425. The number of pyridine rings is 1. The second-order valence-corrected chi connectivity index (χ2v) is 4.00. The molecule has 1 aromatic carbocycles. The van der Waals surface area contributed by atoms with Gasteiger partial charge in [0.05, 0.1) is 11.0 Å². The van der Waals surface area contributed by atoms with Crippen molar-refractivity contribution in [2.45, 2.75) is 0 Å². The third kappa shape index (κ3) is 3.26. The molecule has 0 aliphatic carbocycles. The molecule has 0 atom stereocenters. The number of aromatic nitrogens is 1. The third-order valence-corrected chi connectivity index (χ3v) is 2.53. The van der Waals surface area contributed by atoms with Crippen molar-refractivity contribution in [3.05, 3.63) is 53.1 Å². The maximum absolute atomic E-state index is 11.6. The van der Waals surface area contributed by atoms with Crippen LogP contribution < -0.4 is 10.7 Å². The Morgan fingerprint density at radius 2 is 2.05 bits per heavy atom. The minimum atomic E-state index is -0.659. The van der Waals surface area contributed by atoms with Crippen LogP contribution in [0.25, 0.3) is 0 Å². The van der Waals surface area contributed by atoms with Gasteiger partial charge in [0.15, 0.2) is 0 Å². The SMILES string of the molecule is O=C(/N=c1/ccn(O)c(Cl)c1)Nc1ccccc1O. The Morgan fingerprint density at radius 3 is 2.74 bits per heavy atom. The zero-order valence-electron chi connectivity index (χ0n) is 9.62. The van der Waals surface area contributed by atoms with Gasteiger partial charge in [-0.2, -0.15) is 9.72 Å². The summed E-state index contributed by atoms with van der Waals surface area (Å²) >= 11 is 5.66. The molecule has 1 heterocycles. The van der Waals surface area contributed by atoms with Gasteiger partial charge in [0.2, 0.25) is 0 Å². The number of urea groups is 1. The number of amides is 2. The van der Waals surface area contributed by atoms with E-state index in [1.54, 1.807) is 18.2 Å². The summed E-state index contributed by atoms with van der Waals surface area (Å²) in [6.07, 6.45) is 1.26. The zero-order chi connectivity index (χ0) is 13.8. The van der Waals surface area contributed by atoms with Crippen molar-refractivity contribution in [1.82, 2.24) is 4.73 Å². The Hall–Kier alpha value is -2.47. The standard InChI is InChI=1S/C12H10ClN3O3/c13-11-7-8(5-6-16(11)19)14-12(18)15-9-3-1-2-4-10(9)17/h1-7,17,19H,(H,15,18)/b14-8-. The van der Waals surface area contributed by atoms with Crippen molar-refractivity contribution in [2.75, 3.05) is 5.32 Å². The van der Waals surface area contributed by atoms with Crippen LogP contribution in [0.1, 0.15) is 0 Å². The molecule has 0 aliphatic rings. The molecule has 0 bridgehead atoms. The summed E-state index contributed by atoms with van der Waals surface area (Å²) in [7, 11) is 0. The van der Waals surface area contributed by atoms with E-state index in [4.69, 9.17) is 16.8 Å². The first-order valence-electron chi connectivity index (χ1n) is 5.27. The number of nitrogens with zero attached hydrogens (tertiary/aromatic N) is 2. The molecule has 2 rings (SSSR count). The second-order valence-electron chi connectivity index (χ2n) is 3.61. The maximum Gasteiger partial charge on any atom is 0.346 e. The fourth-order valence-electron chi connectivity index (χ4n) is 1.36. The second kappa shape index (κ2) is 5.45. The number of phenols is 1. The Morgan fingerprint density at radius 1 is 1.32 bits per heavy atom. The van der Waals surface area contributed by atoms with E-state index in [0.29, 0.717) is 4.73 Å². The summed E-state index contributed by atoms with van der Waals surface area (Å²) in [6.45, 7) is 0. The van der Waals surface area contributed by atoms with Crippen LogP contribution in [0.2, 0.25) is 5.15 Å². The number of halogens is 1. The van der Waals surface area contributed by atoms with Crippen molar-refractivity contribution < 1.29 is 15.1 Å². The van der Waals surface area contributed by atoms with E-state index in [1.807, 2.05) is 0 Å². The smallest absolute Gasteiger partial charge is 0.346 e. The zero-order valence-corrected chi connectivity index (χ0v) is 10.4. The summed E-state index contributed by atoms with van der Waals surface area (Å²) in [6, 6.07) is 8.38. The number of anilines is 1. The summed E-state index contributed by atoms with van der Waals surface area (Å²) < 4.78 is 0.696. The van der Waals surface area contributed by atoms with E-state index in [-0.39, 0.29) is 21.9 Å². The van der Waals surface area contributed by atoms with Crippen molar-refractivity contribution in [1.29, 1.82) is 0 Å². The fraction of sp³-hybridized carbons (Fsp3) is 0. The highest BCUT2D eigenvalue weighted by Gasteiger charge is 2.03. The third-order valence-electron chi connectivity index (χ3n) is 2.25.